The van der Waals surface area contributed by atoms with Crippen LogP contribution in [0, 0.1) is 0 Å². The Morgan fingerprint density at radius 1 is 0.944 bits per heavy atom. The van der Waals surface area contributed by atoms with Gasteiger partial charge in [-0.1, -0.05) is 45.9 Å². The summed E-state index contributed by atoms with van der Waals surface area (Å²) in [6, 6.07) is 10.6. The molecule has 0 bridgehead atoms. The van der Waals surface area contributed by atoms with E-state index in [1.807, 2.05) is 23.5 Å². The van der Waals surface area contributed by atoms with Crippen molar-refractivity contribution in [2.75, 3.05) is 0 Å². The Morgan fingerprint density at radius 2 is 1.61 bits per heavy atom. The molecule has 0 saturated carbocycles. The lowest BCUT2D eigenvalue weighted by Gasteiger charge is -2.13. The third-order valence-electron chi connectivity index (χ3n) is 2.37. The molecule has 18 heavy (non-hydrogen) atoms. The van der Waals surface area contributed by atoms with E-state index in [9.17, 15) is 0 Å². The molecule has 0 saturated heterocycles. The highest BCUT2D eigenvalue weighted by atomic mass is 32.2. The highest BCUT2D eigenvalue weighted by Crippen LogP contribution is 2.35. The van der Waals surface area contributed by atoms with Crippen molar-refractivity contribution in [3.8, 4) is 0 Å². The first kappa shape index (κ1) is 13.8. The molecule has 0 amide bonds. The number of thioether (sulfide) groups is 2. The molecule has 96 valence electrons. The van der Waals surface area contributed by atoms with Gasteiger partial charge in [-0.15, -0.1) is 23.5 Å². The van der Waals surface area contributed by atoms with E-state index in [0.717, 1.165) is 5.52 Å². The van der Waals surface area contributed by atoms with Crippen LogP contribution in [0.4, 0.5) is 0 Å². The van der Waals surface area contributed by atoms with Crippen LogP contribution in [0.2, 0.25) is 0 Å². The third kappa shape index (κ3) is 3.42. The van der Waals surface area contributed by atoms with E-state index in [2.05, 4.69) is 58.0 Å². The first-order valence-electron chi connectivity index (χ1n) is 6.29. The summed E-state index contributed by atoms with van der Waals surface area (Å²) in [7, 11) is 0. The SMILES string of the molecule is CC(C)Sc1cc2ccccc2nc1SC(C)C. The van der Waals surface area contributed by atoms with Crippen LogP contribution in [0.15, 0.2) is 40.3 Å². The minimum absolute atomic E-state index is 0.560. The summed E-state index contributed by atoms with van der Waals surface area (Å²) >= 11 is 3.75. The predicted molar refractivity (Wildman–Crippen MR) is 83.7 cm³/mol. The second-order valence-electron chi connectivity index (χ2n) is 4.82. The molecule has 1 aromatic heterocycles. The summed E-state index contributed by atoms with van der Waals surface area (Å²) in [5.74, 6) is 0. The average Bonchev–Trinajstić information content (AvgIpc) is 2.28. The quantitative estimate of drug-likeness (QED) is 0.710. The van der Waals surface area contributed by atoms with Gasteiger partial charge in [0, 0.05) is 20.8 Å². The van der Waals surface area contributed by atoms with Gasteiger partial charge in [-0.25, -0.2) is 4.98 Å². The van der Waals surface area contributed by atoms with E-state index >= 15 is 0 Å². The van der Waals surface area contributed by atoms with Gasteiger partial charge in [0.25, 0.3) is 0 Å². The maximum absolute atomic E-state index is 4.81. The molecule has 1 heterocycles. The van der Waals surface area contributed by atoms with Crippen LogP contribution in [0.1, 0.15) is 27.7 Å². The lowest BCUT2D eigenvalue weighted by Crippen LogP contribution is -1.95. The highest BCUT2D eigenvalue weighted by molar-refractivity contribution is 8.02. The minimum atomic E-state index is 0.560. The molecule has 0 N–H and O–H groups in total. The van der Waals surface area contributed by atoms with Crippen molar-refractivity contribution in [2.45, 2.75) is 48.1 Å². The Balaban J connectivity index is 2.48. The summed E-state index contributed by atoms with van der Waals surface area (Å²) in [5.41, 5.74) is 1.09. The van der Waals surface area contributed by atoms with Crippen molar-refractivity contribution in [1.82, 2.24) is 4.98 Å². The molecule has 0 spiro atoms. The van der Waals surface area contributed by atoms with Gasteiger partial charge >= 0.3 is 0 Å². The first-order chi connectivity index (χ1) is 8.56. The van der Waals surface area contributed by atoms with Gasteiger partial charge in [0.15, 0.2) is 0 Å². The summed E-state index contributed by atoms with van der Waals surface area (Å²) in [4.78, 5) is 6.12. The Labute approximate surface area is 118 Å². The molecule has 3 heteroatoms. The van der Waals surface area contributed by atoms with E-state index in [1.54, 1.807) is 0 Å². The van der Waals surface area contributed by atoms with E-state index in [0.29, 0.717) is 10.5 Å². The van der Waals surface area contributed by atoms with Crippen LogP contribution in [-0.2, 0) is 0 Å². The monoisotopic (exact) mass is 277 g/mol. The van der Waals surface area contributed by atoms with Crippen molar-refractivity contribution in [1.29, 1.82) is 0 Å². The molecule has 0 radical (unpaired) electrons. The maximum atomic E-state index is 4.81. The molecule has 2 aromatic rings. The van der Waals surface area contributed by atoms with Gasteiger partial charge in [-0.3, -0.25) is 0 Å². The van der Waals surface area contributed by atoms with Gasteiger partial charge in [-0.2, -0.15) is 0 Å². The van der Waals surface area contributed by atoms with E-state index in [4.69, 9.17) is 4.98 Å². The van der Waals surface area contributed by atoms with Gasteiger partial charge in [0.05, 0.1) is 5.52 Å². The molecular weight excluding hydrogens is 258 g/mol. The highest BCUT2D eigenvalue weighted by Gasteiger charge is 2.11. The average molecular weight is 277 g/mol. The number of rotatable bonds is 4. The van der Waals surface area contributed by atoms with Crippen molar-refractivity contribution >= 4 is 34.4 Å². The van der Waals surface area contributed by atoms with Crippen molar-refractivity contribution in [3.63, 3.8) is 0 Å². The van der Waals surface area contributed by atoms with Crippen LogP contribution in [-0.4, -0.2) is 15.5 Å². The molecule has 0 unspecified atom stereocenters. The number of hydrogen-bond donors (Lipinski definition) is 0. The normalized spacial score (nSPS) is 11.7. The third-order valence-corrected chi connectivity index (χ3v) is 4.54. The molecule has 0 fully saturated rings. The van der Waals surface area contributed by atoms with Gasteiger partial charge < -0.3 is 0 Å². The number of fused-ring (bicyclic) bond motifs is 1. The van der Waals surface area contributed by atoms with Crippen LogP contribution in [0.25, 0.3) is 10.9 Å². The second kappa shape index (κ2) is 5.98. The predicted octanol–water partition coefficient (Wildman–Crippen LogP) is 5.24. The molecule has 0 aliphatic heterocycles. The van der Waals surface area contributed by atoms with Crippen LogP contribution in [0.5, 0.6) is 0 Å². The van der Waals surface area contributed by atoms with Crippen LogP contribution in [0.3, 0.4) is 0 Å². The number of aromatic nitrogens is 1. The Hall–Kier alpha value is -0.670. The van der Waals surface area contributed by atoms with Crippen molar-refractivity contribution in [3.05, 3.63) is 30.3 Å². The van der Waals surface area contributed by atoms with E-state index < -0.39 is 0 Å². The van der Waals surface area contributed by atoms with Gasteiger partial charge in [-0.05, 0) is 12.1 Å². The fourth-order valence-electron chi connectivity index (χ4n) is 1.72. The largest absolute Gasteiger partial charge is 0.240 e. The fourth-order valence-corrected chi connectivity index (χ4v) is 3.64. The first-order valence-corrected chi connectivity index (χ1v) is 8.05. The summed E-state index contributed by atoms with van der Waals surface area (Å²) < 4.78 is 0. The topological polar surface area (TPSA) is 12.9 Å². The zero-order valence-corrected chi connectivity index (χ0v) is 12.9. The molecule has 1 nitrogen and oxygen atoms in total. The molecule has 0 atom stereocenters. The molecule has 2 rings (SSSR count). The number of hydrogen-bond acceptors (Lipinski definition) is 3. The van der Waals surface area contributed by atoms with Gasteiger partial charge in [0.1, 0.15) is 5.03 Å². The van der Waals surface area contributed by atoms with Crippen molar-refractivity contribution < 1.29 is 0 Å². The van der Waals surface area contributed by atoms with Crippen LogP contribution >= 0.6 is 23.5 Å². The summed E-state index contributed by atoms with van der Waals surface area (Å²) in [5, 5.41) is 3.54. The number of pyridine rings is 1. The fraction of sp³-hybridized carbons (Fsp3) is 0.400. The number of benzene rings is 1. The lowest BCUT2D eigenvalue weighted by atomic mass is 10.2. The number of nitrogens with zero attached hydrogens (tertiary/aromatic N) is 1. The zero-order valence-electron chi connectivity index (χ0n) is 11.3. The van der Waals surface area contributed by atoms with Crippen molar-refractivity contribution in [2.24, 2.45) is 0 Å². The van der Waals surface area contributed by atoms with E-state index in [-0.39, 0.29) is 0 Å². The molecule has 1 aromatic carbocycles. The maximum Gasteiger partial charge on any atom is 0.111 e. The Morgan fingerprint density at radius 3 is 2.28 bits per heavy atom. The Kier molecular flexibility index (Phi) is 4.57. The summed E-state index contributed by atoms with van der Waals surface area (Å²) in [6.45, 7) is 8.88. The van der Waals surface area contributed by atoms with Gasteiger partial charge in [0.2, 0.25) is 0 Å². The van der Waals surface area contributed by atoms with Crippen LogP contribution < -0.4 is 0 Å². The molecular formula is C15H19NS2. The standard InChI is InChI=1S/C15H19NS2/c1-10(2)17-14-9-12-7-5-6-8-13(12)16-15(14)18-11(3)4/h5-11H,1-4H3. The summed E-state index contributed by atoms with van der Waals surface area (Å²) in [6.07, 6.45) is 0. The molecule has 0 aliphatic rings. The minimum Gasteiger partial charge on any atom is -0.240 e. The zero-order chi connectivity index (χ0) is 13.1. The second-order valence-corrected chi connectivity index (χ2v) is 8.00. The molecule has 0 aliphatic carbocycles. The smallest absolute Gasteiger partial charge is 0.111 e. The number of para-hydroxylation sites is 1. The van der Waals surface area contributed by atoms with E-state index in [1.165, 1.54) is 15.3 Å². The Bertz CT molecular complexity index is 487. The lowest BCUT2D eigenvalue weighted by molar-refractivity contribution is 1.03.